The predicted octanol–water partition coefficient (Wildman–Crippen LogP) is 3.00. The molecule has 0 saturated carbocycles. The summed E-state index contributed by atoms with van der Waals surface area (Å²) in [6.45, 7) is 15.5. The number of aryl methyl sites for hydroxylation is 2. The number of hydrogen-bond acceptors (Lipinski definition) is 5. The van der Waals surface area contributed by atoms with Crippen LogP contribution >= 0.6 is 0 Å². The van der Waals surface area contributed by atoms with Crippen LogP contribution in [-0.4, -0.2) is 41.4 Å². The molecule has 0 aromatic carbocycles. The van der Waals surface area contributed by atoms with E-state index in [0.29, 0.717) is 5.82 Å². The third kappa shape index (κ3) is 14.0. The van der Waals surface area contributed by atoms with E-state index in [9.17, 15) is 4.79 Å². The van der Waals surface area contributed by atoms with E-state index in [4.69, 9.17) is 5.11 Å². The van der Waals surface area contributed by atoms with Crippen molar-refractivity contribution in [3.8, 4) is 0 Å². The van der Waals surface area contributed by atoms with Crippen molar-refractivity contribution >= 4 is 5.97 Å². The number of nitrogens with zero attached hydrogens (tertiary/aromatic N) is 4. The Bertz CT molecular complexity index is 426. The molecule has 3 N–H and O–H groups in total. The van der Waals surface area contributed by atoms with E-state index >= 15 is 0 Å². The zero-order valence-electron chi connectivity index (χ0n) is 14.2. The van der Waals surface area contributed by atoms with E-state index in [0.717, 1.165) is 5.82 Å². The molecule has 8 nitrogen and oxygen atoms in total. The van der Waals surface area contributed by atoms with Gasteiger partial charge in [-0.3, -0.25) is 10.2 Å². The Morgan fingerprint density at radius 2 is 1.52 bits per heavy atom. The van der Waals surface area contributed by atoms with Crippen LogP contribution in [0.2, 0.25) is 0 Å². The molecule has 0 aliphatic rings. The average molecular weight is 300 g/mol. The van der Waals surface area contributed by atoms with E-state index in [1.807, 2.05) is 48.5 Å². The van der Waals surface area contributed by atoms with Crippen molar-refractivity contribution in [2.75, 3.05) is 0 Å². The highest BCUT2D eigenvalue weighted by atomic mass is 16.4. The number of aromatic carboxylic acids is 1. The number of nitrogens with one attached hydrogen (secondary N) is 2. The van der Waals surface area contributed by atoms with E-state index in [1.165, 1.54) is 6.33 Å². The van der Waals surface area contributed by atoms with E-state index < -0.39 is 5.97 Å². The van der Waals surface area contributed by atoms with Crippen LogP contribution in [0, 0.1) is 13.8 Å². The molecule has 0 spiro atoms. The molecule has 0 amide bonds. The molecule has 0 fully saturated rings. The quantitative estimate of drug-likeness (QED) is 0.744. The van der Waals surface area contributed by atoms with Crippen LogP contribution in [-0.2, 0) is 0 Å². The van der Waals surface area contributed by atoms with E-state index in [2.05, 4.69) is 30.4 Å². The number of carbonyl (C=O) groups is 1. The summed E-state index contributed by atoms with van der Waals surface area (Å²) in [6, 6.07) is 0. The van der Waals surface area contributed by atoms with Gasteiger partial charge < -0.3 is 5.11 Å². The van der Waals surface area contributed by atoms with Gasteiger partial charge in [-0.25, -0.2) is 14.8 Å². The number of aromatic amines is 2. The van der Waals surface area contributed by atoms with Gasteiger partial charge in [0.05, 0.1) is 0 Å². The number of rotatable bonds is 1. The lowest BCUT2D eigenvalue weighted by Gasteiger charge is -1.76. The number of aromatic nitrogens is 6. The maximum atomic E-state index is 10.1. The molecular formula is C13H28N6O2. The lowest BCUT2D eigenvalue weighted by molar-refractivity contribution is 0.0684. The van der Waals surface area contributed by atoms with Crippen LogP contribution in [0.25, 0.3) is 0 Å². The van der Waals surface area contributed by atoms with Crippen molar-refractivity contribution in [3.05, 3.63) is 23.8 Å². The Balaban J connectivity index is -0.000000235. The molecule has 2 aromatic heterocycles. The summed E-state index contributed by atoms with van der Waals surface area (Å²) in [5.74, 6) is 0.0641. The summed E-state index contributed by atoms with van der Waals surface area (Å²) in [5, 5.41) is 20.3. The van der Waals surface area contributed by atoms with Crippen molar-refractivity contribution in [2.45, 2.75) is 55.4 Å². The van der Waals surface area contributed by atoms with Crippen LogP contribution in [0.4, 0.5) is 0 Å². The maximum absolute atomic E-state index is 10.1. The van der Waals surface area contributed by atoms with Gasteiger partial charge in [-0.1, -0.05) is 41.5 Å². The van der Waals surface area contributed by atoms with Gasteiger partial charge in [0, 0.05) is 0 Å². The predicted molar refractivity (Wildman–Crippen MR) is 83.2 cm³/mol. The van der Waals surface area contributed by atoms with Gasteiger partial charge in [-0.15, -0.1) is 5.10 Å². The molecule has 0 radical (unpaired) electrons. The van der Waals surface area contributed by atoms with Gasteiger partial charge in [-0.05, 0) is 13.8 Å². The highest BCUT2D eigenvalue weighted by Gasteiger charge is 2.06. The van der Waals surface area contributed by atoms with Gasteiger partial charge in [0.1, 0.15) is 18.0 Å². The molecule has 0 saturated heterocycles. The molecule has 0 aliphatic heterocycles. The van der Waals surface area contributed by atoms with E-state index in [-0.39, 0.29) is 5.82 Å². The summed E-state index contributed by atoms with van der Waals surface area (Å²) in [6.07, 6.45) is 1.48. The standard InChI is InChI=1S/C4H5N3O2.C3H5N3.3C2H6/c1-2-5-3(4(8)9)7-6-2;1-3-4-2-5-6-3;3*1-2/h1H3,(H,8,9)(H,5,6,7);2H,1H3,(H,4,5,6);3*1-2H3. The number of H-pyrrole nitrogens is 2. The van der Waals surface area contributed by atoms with Crippen molar-refractivity contribution in [2.24, 2.45) is 0 Å². The lowest BCUT2D eigenvalue weighted by Crippen LogP contribution is -1.98. The summed E-state index contributed by atoms with van der Waals surface area (Å²) in [5.41, 5.74) is 0. The molecule has 21 heavy (non-hydrogen) atoms. The molecule has 122 valence electrons. The molecule has 0 atom stereocenters. The summed E-state index contributed by atoms with van der Waals surface area (Å²) >= 11 is 0. The number of hydrogen-bond donors (Lipinski definition) is 3. The van der Waals surface area contributed by atoms with Crippen LogP contribution in [0.5, 0.6) is 0 Å². The first kappa shape index (κ1) is 23.8. The van der Waals surface area contributed by atoms with Gasteiger partial charge >= 0.3 is 5.97 Å². The Labute approximate surface area is 126 Å². The number of carboxylic acid groups (broad SMARTS) is 1. The molecule has 2 heterocycles. The molecular weight excluding hydrogens is 272 g/mol. The van der Waals surface area contributed by atoms with Gasteiger partial charge in [0.2, 0.25) is 0 Å². The third-order valence-corrected chi connectivity index (χ3v) is 1.32. The van der Waals surface area contributed by atoms with Gasteiger partial charge in [0.15, 0.2) is 0 Å². The monoisotopic (exact) mass is 300 g/mol. The fraction of sp³-hybridized carbons (Fsp3) is 0.615. The Morgan fingerprint density at radius 3 is 1.67 bits per heavy atom. The minimum Gasteiger partial charge on any atom is -0.475 e. The maximum Gasteiger partial charge on any atom is 0.375 e. The first-order chi connectivity index (χ1) is 10.1. The Kier molecular flexibility index (Phi) is 20.1. The van der Waals surface area contributed by atoms with Gasteiger partial charge in [0.25, 0.3) is 5.82 Å². The molecule has 0 bridgehead atoms. The zero-order chi connectivity index (χ0) is 17.3. The Hall–Kier alpha value is -2.25. The van der Waals surface area contributed by atoms with E-state index in [1.54, 1.807) is 6.92 Å². The Morgan fingerprint density at radius 1 is 1.00 bits per heavy atom. The number of carboxylic acids is 1. The second-order valence-electron chi connectivity index (χ2n) is 2.62. The first-order valence-corrected chi connectivity index (χ1v) is 7.04. The largest absolute Gasteiger partial charge is 0.475 e. The SMILES string of the molecule is CC.CC.CC.Cc1nc(C(=O)O)n[nH]1.Cc1ncn[nH]1. The fourth-order valence-electron chi connectivity index (χ4n) is 0.705. The fourth-order valence-corrected chi connectivity index (χ4v) is 0.705. The third-order valence-electron chi connectivity index (χ3n) is 1.32. The van der Waals surface area contributed by atoms with Crippen molar-refractivity contribution in [3.63, 3.8) is 0 Å². The molecule has 2 rings (SSSR count). The highest BCUT2D eigenvalue weighted by molar-refractivity contribution is 5.82. The highest BCUT2D eigenvalue weighted by Crippen LogP contribution is 1.88. The average Bonchev–Trinajstić information content (AvgIpc) is 3.17. The van der Waals surface area contributed by atoms with Crippen LogP contribution in [0.3, 0.4) is 0 Å². The summed E-state index contributed by atoms with van der Waals surface area (Å²) < 4.78 is 0. The zero-order valence-corrected chi connectivity index (χ0v) is 14.2. The van der Waals surface area contributed by atoms with Gasteiger partial charge in [-0.2, -0.15) is 5.10 Å². The molecule has 2 aromatic rings. The topological polar surface area (TPSA) is 120 Å². The van der Waals surface area contributed by atoms with Crippen LogP contribution in [0.15, 0.2) is 6.33 Å². The van der Waals surface area contributed by atoms with Crippen LogP contribution < -0.4 is 0 Å². The summed E-state index contributed by atoms with van der Waals surface area (Å²) in [4.78, 5) is 17.4. The van der Waals surface area contributed by atoms with Crippen molar-refractivity contribution in [1.29, 1.82) is 0 Å². The summed E-state index contributed by atoms with van der Waals surface area (Å²) in [7, 11) is 0. The van der Waals surface area contributed by atoms with Crippen molar-refractivity contribution < 1.29 is 9.90 Å². The smallest absolute Gasteiger partial charge is 0.375 e. The minimum absolute atomic E-state index is 0.187. The molecule has 0 unspecified atom stereocenters. The second-order valence-corrected chi connectivity index (χ2v) is 2.62. The molecule has 8 heteroatoms. The second kappa shape index (κ2) is 17.8. The normalized spacial score (nSPS) is 7.43. The lowest BCUT2D eigenvalue weighted by atomic mass is 10.6. The minimum atomic E-state index is -1.11. The van der Waals surface area contributed by atoms with Crippen LogP contribution in [0.1, 0.15) is 63.8 Å². The molecule has 0 aliphatic carbocycles. The first-order valence-electron chi connectivity index (χ1n) is 7.04. The van der Waals surface area contributed by atoms with Crippen molar-refractivity contribution in [1.82, 2.24) is 30.4 Å².